The molecule has 3 aromatic rings. The van der Waals surface area contributed by atoms with E-state index < -0.39 is 5.82 Å². The Kier molecular flexibility index (Phi) is 4.68. The molecule has 7 heteroatoms. The predicted octanol–water partition coefficient (Wildman–Crippen LogP) is 0.603. The number of piperazine rings is 1. The zero-order chi connectivity index (χ0) is 18.8. The highest BCUT2D eigenvalue weighted by Gasteiger charge is 2.25. The lowest BCUT2D eigenvalue weighted by molar-refractivity contribution is -0.918. The van der Waals surface area contributed by atoms with Gasteiger partial charge in [-0.3, -0.25) is 9.59 Å². The van der Waals surface area contributed by atoms with Crippen LogP contribution < -0.4 is 10.5 Å². The minimum Gasteiger partial charge on any atom is -0.327 e. The van der Waals surface area contributed by atoms with E-state index in [0.717, 1.165) is 13.1 Å². The van der Waals surface area contributed by atoms with Crippen LogP contribution in [-0.4, -0.2) is 47.0 Å². The van der Waals surface area contributed by atoms with Gasteiger partial charge in [-0.05, 0) is 30.3 Å². The molecule has 0 radical (unpaired) electrons. The molecule has 1 amide bonds. The molecule has 27 heavy (non-hydrogen) atoms. The Morgan fingerprint density at radius 1 is 1.15 bits per heavy atom. The van der Waals surface area contributed by atoms with Gasteiger partial charge in [-0.15, -0.1) is 0 Å². The molecule has 0 bridgehead atoms. The molecule has 0 aliphatic carbocycles. The molecule has 2 N–H and O–H groups in total. The number of aromatic amines is 1. The number of hydrogen-bond acceptors (Lipinski definition) is 3. The first-order chi connectivity index (χ1) is 13.1. The quantitative estimate of drug-likeness (QED) is 0.712. The smallest absolute Gasteiger partial charge is 0.258 e. The van der Waals surface area contributed by atoms with Crippen LogP contribution in [0.2, 0.25) is 0 Å². The molecule has 1 saturated heterocycles. The minimum absolute atomic E-state index is 0.130. The minimum atomic E-state index is -0.406. The first-order valence-electron chi connectivity index (χ1n) is 8.96. The van der Waals surface area contributed by atoms with E-state index in [9.17, 15) is 14.0 Å². The molecule has 0 spiro atoms. The summed E-state index contributed by atoms with van der Waals surface area (Å²) in [5.41, 5.74) is 0.935. The summed E-state index contributed by atoms with van der Waals surface area (Å²) in [5, 5.41) is 0.585. The Morgan fingerprint density at radius 2 is 1.93 bits per heavy atom. The van der Waals surface area contributed by atoms with Crippen molar-refractivity contribution in [3.05, 3.63) is 76.1 Å². The summed E-state index contributed by atoms with van der Waals surface area (Å²) >= 11 is 0. The summed E-state index contributed by atoms with van der Waals surface area (Å²) in [6.07, 6.45) is 0. The van der Waals surface area contributed by atoms with Crippen molar-refractivity contribution in [3.63, 3.8) is 0 Å². The predicted molar refractivity (Wildman–Crippen MR) is 99.1 cm³/mol. The van der Waals surface area contributed by atoms with E-state index >= 15 is 0 Å². The lowest BCUT2D eigenvalue weighted by Crippen LogP contribution is -3.13. The zero-order valence-electron chi connectivity index (χ0n) is 14.7. The number of halogens is 1. The van der Waals surface area contributed by atoms with Crippen LogP contribution in [-0.2, 0) is 6.54 Å². The Balaban J connectivity index is 1.41. The van der Waals surface area contributed by atoms with Gasteiger partial charge in [0.1, 0.15) is 12.4 Å². The first-order valence-corrected chi connectivity index (χ1v) is 8.96. The fourth-order valence-corrected chi connectivity index (χ4v) is 3.46. The third-order valence-corrected chi connectivity index (χ3v) is 4.91. The van der Waals surface area contributed by atoms with Crippen LogP contribution in [0, 0.1) is 5.82 Å². The van der Waals surface area contributed by atoms with Crippen LogP contribution in [0.4, 0.5) is 4.39 Å². The molecule has 1 aliphatic rings. The molecule has 2 aromatic carbocycles. The Morgan fingerprint density at radius 3 is 2.70 bits per heavy atom. The van der Waals surface area contributed by atoms with Gasteiger partial charge in [0, 0.05) is 5.56 Å². The Bertz CT molecular complexity index is 1040. The van der Waals surface area contributed by atoms with Crippen LogP contribution in [0.5, 0.6) is 0 Å². The van der Waals surface area contributed by atoms with Crippen molar-refractivity contribution in [2.45, 2.75) is 6.54 Å². The summed E-state index contributed by atoms with van der Waals surface area (Å²) in [7, 11) is 0. The highest BCUT2D eigenvalue weighted by molar-refractivity contribution is 5.94. The van der Waals surface area contributed by atoms with Crippen LogP contribution in [0.3, 0.4) is 0 Å². The number of amides is 1. The second-order valence-corrected chi connectivity index (χ2v) is 6.76. The van der Waals surface area contributed by atoms with Crippen molar-refractivity contribution in [3.8, 4) is 0 Å². The number of aromatic nitrogens is 2. The molecule has 1 aliphatic heterocycles. The van der Waals surface area contributed by atoms with E-state index in [-0.39, 0.29) is 11.5 Å². The summed E-state index contributed by atoms with van der Waals surface area (Å²) in [6, 6.07) is 13.1. The third kappa shape index (κ3) is 3.73. The number of H-pyrrole nitrogens is 1. The standard InChI is InChI=1S/C20H19FN4O2/c21-15-5-3-4-14(12-15)20(27)25-10-8-24(9-11-25)13-18-22-17-7-2-1-6-16(17)19(26)23-18/h1-7,12H,8-11,13H2,(H,22,23,26)/p+1. The van der Waals surface area contributed by atoms with Crippen LogP contribution in [0.25, 0.3) is 10.9 Å². The normalized spacial score (nSPS) is 15.2. The molecule has 1 aromatic heterocycles. The zero-order valence-corrected chi connectivity index (χ0v) is 14.7. The molecule has 0 atom stereocenters. The number of carbonyl (C=O) groups excluding carboxylic acids is 1. The van der Waals surface area contributed by atoms with Crippen molar-refractivity contribution < 1.29 is 14.1 Å². The summed E-state index contributed by atoms with van der Waals surface area (Å²) in [4.78, 5) is 35.1. The number of nitrogens with one attached hydrogen (secondary N) is 2. The van der Waals surface area contributed by atoms with Gasteiger partial charge in [-0.2, -0.15) is 0 Å². The average molecular weight is 367 g/mol. The van der Waals surface area contributed by atoms with Crippen molar-refractivity contribution in [2.75, 3.05) is 26.2 Å². The monoisotopic (exact) mass is 367 g/mol. The van der Waals surface area contributed by atoms with Crippen molar-refractivity contribution in [1.29, 1.82) is 0 Å². The number of fused-ring (bicyclic) bond motifs is 1. The van der Waals surface area contributed by atoms with Crippen molar-refractivity contribution >= 4 is 16.8 Å². The summed E-state index contributed by atoms with van der Waals surface area (Å²) in [6.45, 7) is 3.27. The van der Waals surface area contributed by atoms with Gasteiger partial charge < -0.3 is 14.8 Å². The topological polar surface area (TPSA) is 70.5 Å². The second-order valence-electron chi connectivity index (χ2n) is 6.76. The third-order valence-electron chi connectivity index (χ3n) is 4.91. The van der Waals surface area contributed by atoms with Gasteiger partial charge in [-0.25, -0.2) is 9.37 Å². The van der Waals surface area contributed by atoms with Gasteiger partial charge >= 0.3 is 0 Å². The number of para-hydroxylation sites is 1. The number of quaternary nitrogens is 1. The van der Waals surface area contributed by atoms with Crippen molar-refractivity contribution in [1.82, 2.24) is 14.9 Å². The van der Waals surface area contributed by atoms with E-state index in [1.54, 1.807) is 23.1 Å². The van der Waals surface area contributed by atoms with E-state index in [1.165, 1.54) is 17.0 Å². The van der Waals surface area contributed by atoms with Crippen LogP contribution >= 0.6 is 0 Å². The van der Waals surface area contributed by atoms with Gasteiger partial charge in [0.25, 0.3) is 11.5 Å². The maximum absolute atomic E-state index is 13.3. The second kappa shape index (κ2) is 7.28. The first kappa shape index (κ1) is 17.4. The molecule has 2 heterocycles. The van der Waals surface area contributed by atoms with Gasteiger partial charge in [-0.1, -0.05) is 18.2 Å². The number of rotatable bonds is 3. The number of hydrogen-bond donors (Lipinski definition) is 2. The van der Waals surface area contributed by atoms with E-state index in [4.69, 9.17) is 0 Å². The molecule has 138 valence electrons. The highest BCUT2D eigenvalue weighted by atomic mass is 19.1. The molecular formula is C20H20FN4O2+. The maximum Gasteiger partial charge on any atom is 0.258 e. The number of carbonyl (C=O) groups is 1. The average Bonchev–Trinajstić information content (AvgIpc) is 2.68. The highest BCUT2D eigenvalue weighted by Crippen LogP contribution is 2.08. The van der Waals surface area contributed by atoms with Crippen LogP contribution in [0.1, 0.15) is 16.2 Å². The number of benzene rings is 2. The molecule has 0 unspecified atom stereocenters. The van der Waals surface area contributed by atoms with Gasteiger partial charge in [0.2, 0.25) is 0 Å². The van der Waals surface area contributed by atoms with Gasteiger partial charge in [0.15, 0.2) is 5.82 Å². The van der Waals surface area contributed by atoms with Crippen molar-refractivity contribution in [2.24, 2.45) is 0 Å². The fourth-order valence-electron chi connectivity index (χ4n) is 3.46. The molecular weight excluding hydrogens is 347 g/mol. The molecule has 1 fully saturated rings. The lowest BCUT2D eigenvalue weighted by atomic mass is 10.1. The summed E-state index contributed by atoms with van der Waals surface area (Å²) in [5.74, 6) is 0.0980. The molecule has 4 rings (SSSR count). The lowest BCUT2D eigenvalue weighted by Gasteiger charge is -2.32. The SMILES string of the molecule is O=C(c1cccc(F)c1)N1CC[NH+](Cc2nc3ccccc3c(=O)[nH]2)CC1. The Labute approximate surface area is 155 Å². The number of nitrogens with zero attached hydrogens (tertiary/aromatic N) is 2. The largest absolute Gasteiger partial charge is 0.327 e. The molecule has 0 saturated carbocycles. The van der Waals surface area contributed by atoms with E-state index in [0.29, 0.717) is 41.9 Å². The Hall–Kier alpha value is -3.06. The van der Waals surface area contributed by atoms with Gasteiger partial charge in [0.05, 0.1) is 37.1 Å². The maximum atomic E-state index is 13.3. The fraction of sp³-hybridized carbons (Fsp3) is 0.250. The van der Waals surface area contributed by atoms with Crippen LogP contribution in [0.15, 0.2) is 53.3 Å². The summed E-state index contributed by atoms with van der Waals surface area (Å²) < 4.78 is 13.3. The van der Waals surface area contributed by atoms with E-state index in [1.807, 2.05) is 18.2 Å². The van der Waals surface area contributed by atoms with E-state index in [2.05, 4.69) is 9.97 Å². The molecule has 6 nitrogen and oxygen atoms in total.